The highest BCUT2D eigenvalue weighted by atomic mass is 16.5. The zero-order chi connectivity index (χ0) is 27.1. The SMILES string of the molecule is COC(=O)C(O)[C@@H]1C[C@@H](COc2ccc(-c3ccc(C(=N)N)cc3)cc2)N(CCCc2ccccc2)C1=O. The summed E-state index contributed by atoms with van der Waals surface area (Å²) in [6, 6.07) is 24.8. The molecule has 4 rings (SSSR count). The summed E-state index contributed by atoms with van der Waals surface area (Å²) in [6.45, 7) is 0.746. The van der Waals surface area contributed by atoms with Crippen LogP contribution in [0.4, 0.5) is 0 Å². The van der Waals surface area contributed by atoms with Crippen LogP contribution in [-0.4, -0.2) is 60.1 Å². The molecule has 8 heteroatoms. The molecular formula is C30H33N3O5. The highest BCUT2D eigenvalue weighted by molar-refractivity contribution is 5.95. The summed E-state index contributed by atoms with van der Waals surface area (Å²) >= 11 is 0. The Morgan fingerprint density at radius 1 is 1.05 bits per heavy atom. The minimum atomic E-state index is -1.50. The van der Waals surface area contributed by atoms with Gasteiger partial charge in [0.15, 0.2) is 6.10 Å². The maximum atomic E-state index is 13.2. The van der Waals surface area contributed by atoms with Crippen molar-refractivity contribution in [3.05, 3.63) is 90.0 Å². The molecular weight excluding hydrogens is 482 g/mol. The van der Waals surface area contributed by atoms with Gasteiger partial charge in [-0.15, -0.1) is 0 Å². The number of rotatable bonds is 11. The van der Waals surface area contributed by atoms with Gasteiger partial charge in [0.2, 0.25) is 5.91 Å². The summed E-state index contributed by atoms with van der Waals surface area (Å²) in [7, 11) is 1.20. The fraction of sp³-hybridized carbons (Fsp3) is 0.300. The van der Waals surface area contributed by atoms with Crippen LogP contribution in [0.25, 0.3) is 11.1 Å². The highest BCUT2D eigenvalue weighted by Gasteiger charge is 2.45. The van der Waals surface area contributed by atoms with Gasteiger partial charge in [-0.2, -0.15) is 0 Å². The number of nitrogens with two attached hydrogens (primary N) is 1. The van der Waals surface area contributed by atoms with Gasteiger partial charge in [0.25, 0.3) is 0 Å². The molecule has 0 saturated carbocycles. The first-order chi connectivity index (χ1) is 18.4. The fourth-order valence-corrected chi connectivity index (χ4v) is 4.79. The number of nitrogens with zero attached hydrogens (tertiary/aromatic N) is 1. The number of nitrogens with one attached hydrogen (secondary N) is 1. The van der Waals surface area contributed by atoms with Gasteiger partial charge in [0.05, 0.1) is 19.1 Å². The van der Waals surface area contributed by atoms with Crippen LogP contribution >= 0.6 is 0 Å². The van der Waals surface area contributed by atoms with Gasteiger partial charge in [-0.25, -0.2) is 4.79 Å². The average molecular weight is 516 g/mol. The van der Waals surface area contributed by atoms with Crippen molar-refractivity contribution in [2.24, 2.45) is 11.7 Å². The molecule has 1 saturated heterocycles. The Bertz CT molecular complexity index is 1250. The number of hydrogen-bond acceptors (Lipinski definition) is 6. The Balaban J connectivity index is 1.41. The Labute approximate surface area is 222 Å². The van der Waals surface area contributed by atoms with Crippen LogP contribution in [0, 0.1) is 11.3 Å². The fourth-order valence-electron chi connectivity index (χ4n) is 4.79. The van der Waals surface area contributed by atoms with Gasteiger partial charge in [0, 0.05) is 12.1 Å². The molecule has 3 aromatic carbocycles. The molecule has 3 aromatic rings. The van der Waals surface area contributed by atoms with E-state index in [2.05, 4.69) is 16.9 Å². The van der Waals surface area contributed by atoms with E-state index in [1.807, 2.05) is 66.7 Å². The molecule has 1 aliphatic heterocycles. The summed E-state index contributed by atoms with van der Waals surface area (Å²) in [6.07, 6.45) is 0.380. The number of aryl methyl sites for hydroxylation is 1. The highest BCUT2D eigenvalue weighted by Crippen LogP contribution is 2.30. The largest absolute Gasteiger partial charge is 0.491 e. The third-order valence-electron chi connectivity index (χ3n) is 6.92. The number of carbonyl (C=O) groups excluding carboxylic acids is 2. The quantitative estimate of drug-likeness (QED) is 0.204. The Kier molecular flexibility index (Phi) is 8.76. The maximum Gasteiger partial charge on any atom is 0.335 e. The van der Waals surface area contributed by atoms with Crippen LogP contribution in [0.5, 0.6) is 5.75 Å². The van der Waals surface area contributed by atoms with E-state index < -0.39 is 18.0 Å². The zero-order valence-corrected chi connectivity index (χ0v) is 21.4. The Hall–Kier alpha value is -4.17. The van der Waals surface area contributed by atoms with Gasteiger partial charge < -0.3 is 25.2 Å². The topological polar surface area (TPSA) is 126 Å². The van der Waals surface area contributed by atoms with Crippen molar-refractivity contribution in [2.75, 3.05) is 20.3 Å². The summed E-state index contributed by atoms with van der Waals surface area (Å²) in [4.78, 5) is 26.9. The number of benzene rings is 3. The van der Waals surface area contributed by atoms with Crippen molar-refractivity contribution in [2.45, 2.75) is 31.4 Å². The van der Waals surface area contributed by atoms with Crippen molar-refractivity contribution < 1.29 is 24.2 Å². The van der Waals surface area contributed by atoms with Crippen molar-refractivity contribution in [3.63, 3.8) is 0 Å². The van der Waals surface area contributed by atoms with E-state index in [4.69, 9.17) is 15.9 Å². The van der Waals surface area contributed by atoms with Crippen LogP contribution in [0.3, 0.4) is 0 Å². The van der Waals surface area contributed by atoms with Crippen LogP contribution in [0.1, 0.15) is 24.0 Å². The normalized spacial score (nSPS) is 17.7. The van der Waals surface area contributed by atoms with Crippen LogP contribution in [0.2, 0.25) is 0 Å². The Morgan fingerprint density at radius 2 is 1.68 bits per heavy atom. The van der Waals surface area contributed by atoms with Gasteiger partial charge in [-0.3, -0.25) is 10.2 Å². The summed E-state index contributed by atoms with van der Waals surface area (Å²) in [5, 5.41) is 17.9. The number of ether oxygens (including phenoxy) is 2. The number of aliphatic hydroxyl groups excluding tert-OH is 1. The molecule has 0 aromatic heterocycles. The van der Waals surface area contributed by atoms with Gasteiger partial charge in [-0.1, -0.05) is 66.7 Å². The number of amidine groups is 1. The summed E-state index contributed by atoms with van der Waals surface area (Å²) < 4.78 is 10.7. The number of methoxy groups -OCH3 is 1. The summed E-state index contributed by atoms with van der Waals surface area (Å²) in [5.74, 6) is -1.23. The average Bonchev–Trinajstić information content (AvgIpc) is 3.26. The molecule has 8 nitrogen and oxygen atoms in total. The zero-order valence-electron chi connectivity index (χ0n) is 21.4. The number of hydrogen-bond donors (Lipinski definition) is 3. The molecule has 1 heterocycles. The number of carbonyl (C=O) groups is 2. The van der Waals surface area contributed by atoms with E-state index in [-0.39, 0.29) is 24.4 Å². The number of likely N-dealkylation sites (tertiary alicyclic amines) is 1. The first-order valence-electron chi connectivity index (χ1n) is 12.7. The van der Waals surface area contributed by atoms with E-state index >= 15 is 0 Å². The first kappa shape index (κ1) is 26.9. The first-order valence-corrected chi connectivity index (χ1v) is 12.7. The van der Waals surface area contributed by atoms with Crippen molar-refractivity contribution in [1.82, 2.24) is 4.90 Å². The van der Waals surface area contributed by atoms with E-state index in [1.54, 1.807) is 4.90 Å². The van der Waals surface area contributed by atoms with E-state index in [0.29, 0.717) is 24.3 Å². The van der Waals surface area contributed by atoms with Gasteiger partial charge in [0.1, 0.15) is 18.2 Å². The molecule has 1 aliphatic rings. The van der Waals surface area contributed by atoms with E-state index in [1.165, 1.54) is 12.7 Å². The van der Waals surface area contributed by atoms with E-state index in [9.17, 15) is 14.7 Å². The smallest absolute Gasteiger partial charge is 0.335 e. The maximum absolute atomic E-state index is 13.2. The van der Waals surface area contributed by atoms with Gasteiger partial charge in [-0.05, 0) is 48.1 Å². The minimum absolute atomic E-state index is 0.0288. The molecule has 0 bridgehead atoms. The molecule has 0 radical (unpaired) electrons. The van der Waals surface area contributed by atoms with Crippen molar-refractivity contribution in [1.29, 1.82) is 5.41 Å². The number of esters is 1. The molecule has 198 valence electrons. The molecule has 4 N–H and O–H groups in total. The third-order valence-corrected chi connectivity index (χ3v) is 6.92. The third kappa shape index (κ3) is 6.39. The lowest BCUT2D eigenvalue weighted by Gasteiger charge is -2.25. The molecule has 0 aliphatic carbocycles. The lowest BCUT2D eigenvalue weighted by molar-refractivity contribution is -0.156. The van der Waals surface area contributed by atoms with Crippen molar-refractivity contribution in [3.8, 4) is 16.9 Å². The molecule has 0 spiro atoms. The number of nitrogen functional groups attached to an aromatic ring is 1. The second-order valence-electron chi connectivity index (χ2n) is 9.41. The second-order valence-corrected chi connectivity index (χ2v) is 9.41. The standard InChI is InChI=1S/C30H33N3O5/c1-37-30(36)27(34)26-18-24(33(29(26)35)17-5-8-20-6-3-2-4-7-20)19-38-25-15-13-22(14-16-25)21-9-11-23(12-10-21)28(31)32/h2-4,6-7,9-16,24,26-27,34H,5,8,17-19H2,1H3,(H3,31,32)/t24-,26-,27?/m0/s1. The van der Waals surface area contributed by atoms with Gasteiger partial charge >= 0.3 is 5.97 Å². The molecule has 38 heavy (non-hydrogen) atoms. The molecule has 1 fully saturated rings. The predicted molar refractivity (Wildman–Crippen MR) is 145 cm³/mol. The van der Waals surface area contributed by atoms with Crippen LogP contribution in [0.15, 0.2) is 78.9 Å². The number of amides is 1. The van der Waals surface area contributed by atoms with E-state index in [0.717, 1.165) is 24.0 Å². The second kappa shape index (κ2) is 12.4. The molecule has 1 amide bonds. The lowest BCUT2D eigenvalue weighted by Crippen LogP contribution is -2.40. The van der Waals surface area contributed by atoms with Crippen molar-refractivity contribution >= 4 is 17.7 Å². The lowest BCUT2D eigenvalue weighted by atomic mass is 9.98. The molecule has 1 unspecified atom stereocenters. The number of aliphatic hydroxyl groups is 1. The Morgan fingerprint density at radius 3 is 2.29 bits per heavy atom. The van der Waals surface area contributed by atoms with Crippen LogP contribution < -0.4 is 10.5 Å². The monoisotopic (exact) mass is 515 g/mol. The van der Waals surface area contributed by atoms with Crippen LogP contribution in [-0.2, 0) is 20.7 Å². The minimum Gasteiger partial charge on any atom is -0.491 e. The molecule has 3 atom stereocenters. The predicted octanol–water partition coefficient (Wildman–Crippen LogP) is 3.40. The summed E-state index contributed by atoms with van der Waals surface area (Å²) in [5.41, 5.74) is 9.38.